The molecule has 1 fully saturated rings. The molecule has 0 radical (unpaired) electrons. The molecule has 1 aliphatic carbocycles. The summed E-state index contributed by atoms with van der Waals surface area (Å²) in [4.78, 5) is 0. The zero-order chi connectivity index (χ0) is 14.5. The molecule has 2 aromatic carbocycles. The van der Waals surface area contributed by atoms with E-state index < -0.39 is 0 Å². The quantitative estimate of drug-likeness (QED) is 0.685. The van der Waals surface area contributed by atoms with Gasteiger partial charge in [-0.2, -0.15) is 0 Å². The van der Waals surface area contributed by atoms with Crippen LogP contribution in [0.2, 0.25) is 0 Å². The molecular weight excluding hydrogens is 261 g/mol. The van der Waals surface area contributed by atoms with Crippen LogP contribution in [0.1, 0.15) is 44.1 Å². The van der Waals surface area contributed by atoms with Gasteiger partial charge in [-0.15, -0.1) is 0 Å². The number of hydrogen-bond acceptors (Lipinski definition) is 1. The van der Waals surface area contributed by atoms with Crippen LogP contribution in [-0.4, -0.2) is 12.6 Å². The summed E-state index contributed by atoms with van der Waals surface area (Å²) in [6.07, 6.45) is 8.82. The van der Waals surface area contributed by atoms with Crippen LogP contribution in [0.3, 0.4) is 0 Å². The summed E-state index contributed by atoms with van der Waals surface area (Å²) in [5, 5.41) is 5.38. The molecule has 1 saturated carbocycles. The second-order valence-electron chi connectivity index (χ2n) is 6.14. The lowest BCUT2D eigenvalue weighted by molar-refractivity contribution is 0.585. The fourth-order valence-electron chi connectivity index (χ4n) is 2.93. The normalized spacial score (nSPS) is 14.7. The molecule has 112 valence electrons. The molecule has 0 heterocycles. The van der Waals surface area contributed by atoms with E-state index in [0.29, 0.717) is 0 Å². The van der Waals surface area contributed by atoms with Gasteiger partial charge in [0.05, 0.1) is 0 Å². The highest BCUT2D eigenvalue weighted by molar-refractivity contribution is 5.86. The minimum absolute atomic E-state index is 0.111. The first kappa shape index (κ1) is 14.5. The van der Waals surface area contributed by atoms with Gasteiger partial charge in [0.15, 0.2) is 0 Å². The van der Waals surface area contributed by atoms with E-state index in [-0.39, 0.29) is 5.82 Å². The standard InChI is InChI=1S/C19H24FN/c20-19-13-10-15(17-8-4-5-9-18(17)19)7-3-1-2-6-14-21-16-11-12-16/h4-5,8-10,13,16,21H,1-3,6-7,11-12,14H2. The predicted octanol–water partition coefficient (Wildman–Crippen LogP) is 4.83. The summed E-state index contributed by atoms with van der Waals surface area (Å²) in [5.41, 5.74) is 1.28. The summed E-state index contributed by atoms with van der Waals surface area (Å²) in [6, 6.07) is 12.2. The van der Waals surface area contributed by atoms with Crippen molar-refractivity contribution in [2.75, 3.05) is 6.54 Å². The monoisotopic (exact) mass is 285 g/mol. The molecule has 0 bridgehead atoms. The molecule has 0 aromatic heterocycles. The van der Waals surface area contributed by atoms with E-state index in [4.69, 9.17) is 0 Å². The first-order valence-corrected chi connectivity index (χ1v) is 8.24. The third-order valence-corrected chi connectivity index (χ3v) is 4.34. The lowest BCUT2D eigenvalue weighted by Crippen LogP contribution is -2.17. The Morgan fingerprint density at radius 1 is 0.905 bits per heavy atom. The van der Waals surface area contributed by atoms with E-state index in [1.807, 2.05) is 30.3 Å². The Kier molecular flexibility index (Phi) is 4.87. The Labute approximate surface area is 126 Å². The highest BCUT2D eigenvalue weighted by atomic mass is 19.1. The Morgan fingerprint density at radius 2 is 1.67 bits per heavy atom. The van der Waals surface area contributed by atoms with E-state index >= 15 is 0 Å². The Balaban J connectivity index is 1.45. The van der Waals surface area contributed by atoms with Gasteiger partial charge in [0.2, 0.25) is 0 Å². The van der Waals surface area contributed by atoms with Crippen LogP contribution < -0.4 is 5.32 Å². The first-order valence-electron chi connectivity index (χ1n) is 8.24. The second kappa shape index (κ2) is 7.04. The first-order chi connectivity index (χ1) is 10.3. The van der Waals surface area contributed by atoms with Gasteiger partial charge in [-0.3, -0.25) is 0 Å². The van der Waals surface area contributed by atoms with E-state index in [2.05, 4.69) is 5.32 Å². The predicted molar refractivity (Wildman–Crippen MR) is 87.1 cm³/mol. The zero-order valence-corrected chi connectivity index (χ0v) is 12.6. The second-order valence-corrected chi connectivity index (χ2v) is 6.14. The molecule has 1 N–H and O–H groups in total. The highest BCUT2D eigenvalue weighted by Gasteiger charge is 2.19. The van der Waals surface area contributed by atoms with E-state index in [1.165, 1.54) is 50.6 Å². The lowest BCUT2D eigenvalue weighted by Gasteiger charge is -2.08. The van der Waals surface area contributed by atoms with Crippen molar-refractivity contribution in [2.45, 2.75) is 51.0 Å². The van der Waals surface area contributed by atoms with Crippen LogP contribution in [0.5, 0.6) is 0 Å². The Hall–Kier alpha value is -1.41. The van der Waals surface area contributed by atoms with Crippen LogP contribution in [-0.2, 0) is 6.42 Å². The van der Waals surface area contributed by atoms with Gasteiger partial charge < -0.3 is 5.32 Å². The van der Waals surface area contributed by atoms with Crippen molar-refractivity contribution < 1.29 is 4.39 Å². The molecule has 2 aromatic rings. The average Bonchev–Trinajstić information content (AvgIpc) is 3.33. The number of unbranched alkanes of at least 4 members (excludes halogenated alkanes) is 3. The van der Waals surface area contributed by atoms with E-state index in [1.54, 1.807) is 6.07 Å². The maximum absolute atomic E-state index is 13.8. The molecule has 21 heavy (non-hydrogen) atoms. The minimum Gasteiger partial charge on any atom is -0.314 e. The van der Waals surface area contributed by atoms with Crippen LogP contribution >= 0.6 is 0 Å². The third kappa shape index (κ3) is 4.04. The van der Waals surface area contributed by atoms with Crippen molar-refractivity contribution in [1.82, 2.24) is 5.32 Å². The Morgan fingerprint density at radius 3 is 2.48 bits per heavy atom. The van der Waals surface area contributed by atoms with Crippen molar-refractivity contribution in [3.63, 3.8) is 0 Å². The molecule has 2 heteroatoms. The molecule has 0 amide bonds. The van der Waals surface area contributed by atoms with Crippen molar-refractivity contribution in [3.05, 3.63) is 47.8 Å². The van der Waals surface area contributed by atoms with Gasteiger partial charge in [0.25, 0.3) is 0 Å². The van der Waals surface area contributed by atoms with Gasteiger partial charge in [0, 0.05) is 11.4 Å². The van der Waals surface area contributed by atoms with Gasteiger partial charge >= 0.3 is 0 Å². The largest absolute Gasteiger partial charge is 0.314 e. The van der Waals surface area contributed by atoms with Gasteiger partial charge in [-0.05, 0) is 55.7 Å². The highest BCUT2D eigenvalue weighted by Crippen LogP contribution is 2.23. The van der Waals surface area contributed by atoms with Crippen LogP contribution in [0.25, 0.3) is 10.8 Å². The number of nitrogens with one attached hydrogen (secondary N) is 1. The van der Waals surface area contributed by atoms with Gasteiger partial charge in [-0.25, -0.2) is 4.39 Å². The Bertz CT molecular complexity index is 589. The van der Waals surface area contributed by atoms with E-state index in [0.717, 1.165) is 23.2 Å². The van der Waals surface area contributed by atoms with Gasteiger partial charge in [-0.1, -0.05) is 43.2 Å². The SMILES string of the molecule is Fc1ccc(CCCCCCNC2CC2)c2ccccc12. The third-order valence-electron chi connectivity index (χ3n) is 4.34. The molecular formula is C19H24FN. The summed E-state index contributed by atoms with van der Waals surface area (Å²) < 4.78 is 13.8. The topological polar surface area (TPSA) is 12.0 Å². The maximum atomic E-state index is 13.8. The molecule has 3 rings (SSSR count). The molecule has 0 unspecified atom stereocenters. The van der Waals surface area contributed by atoms with Crippen LogP contribution in [0.15, 0.2) is 36.4 Å². The molecule has 0 saturated heterocycles. The van der Waals surface area contributed by atoms with Crippen molar-refractivity contribution in [2.24, 2.45) is 0 Å². The van der Waals surface area contributed by atoms with Crippen molar-refractivity contribution >= 4 is 10.8 Å². The molecule has 0 atom stereocenters. The summed E-state index contributed by atoms with van der Waals surface area (Å²) in [6.45, 7) is 1.17. The smallest absolute Gasteiger partial charge is 0.131 e. The number of aryl methyl sites for hydroxylation is 1. The molecule has 0 aliphatic heterocycles. The number of benzene rings is 2. The summed E-state index contributed by atoms with van der Waals surface area (Å²) in [5.74, 6) is -0.111. The maximum Gasteiger partial charge on any atom is 0.131 e. The number of fused-ring (bicyclic) bond motifs is 1. The van der Waals surface area contributed by atoms with Crippen molar-refractivity contribution in [1.29, 1.82) is 0 Å². The van der Waals surface area contributed by atoms with Crippen LogP contribution in [0.4, 0.5) is 4.39 Å². The molecule has 1 aliphatic rings. The number of hydrogen-bond donors (Lipinski definition) is 1. The lowest BCUT2D eigenvalue weighted by atomic mass is 9.99. The number of rotatable bonds is 8. The molecule has 0 spiro atoms. The van der Waals surface area contributed by atoms with Crippen LogP contribution in [0, 0.1) is 5.82 Å². The zero-order valence-electron chi connectivity index (χ0n) is 12.6. The molecule has 1 nitrogen and oxygen atoms in total. The minimum atomic E-state index is -0.111. The number of halogens is 1. The average molecular weight is 285 g/mol. The van der Waals surface area contributed by atoms with Crippen molar-refractivity contribution in [3.8, 4) is 0 Å². The summed E-state index contributed by atoms with van der Waals surface area (Å²) >= 11 is 0. The van der Waals surface area contributed by atoms with Gasteiger partial charge in [0.1, 0.15) is 5.82 Å². The summed E-state index contributed by atoms with van der Waals surface area (Å²) in [7, 11) is 0. The fourth-order valence-corrected chi connectivity index (χ4v) is 2.93. The fraction of sp³-hybridized carbons (Fsp3) is 0.474. The van der Waals surface area contributed by atoms with E-state index in [9.17, 15) is 4.39 Å².